The van der Waals surface area contributed by atoms with Gasteiger partial charge >= 0.3 is 5.97 Å². The Morgan fingerprint density at radius 1 is 1.44 bits per heavy atom. The van der Waals surface area contributed by atoms with E-state index in [9.17, 15) is 4.79 Å². The van der Waals surface area contributed by atoms with Crippen molar-refractivity contribution < 1.29 is 9.90 Å². The first-order chi connectivity index (χ1) is 7.68. The highest BCUT2D eigenvalue weighted by Gasteiger charge is 2.20. The SMILES string of the molecule is Cc1cccc(C(=O)O)c1CCCC1CC1. The van der Waals surface area contributed by atoms with Gasteiger partial charge < -0.3 is 5.11 Å². The first-order valence-electron chi connectivity index (χ1n) is 6.00. The van der Waals surface area contributed by atoms with Gasteiger partial charge in [-0.25, -0.2) is 4.79 Å². The van der Waals surface area contributed by atoms with Crippen molar-refractivity contribution in [3.05, 3.63) is 34.9 Å². The predicted molar refractivity (Wildman–Crippen MR) is 63.8 cm³/mol. The molecule has 1 N–H and O–H groups in total. The van der Waals surface area contributed by atoms with Crippen molar-refractivity contribution >= 4 is 5.97 Å². The van der Waals surface area contributed by atoms with Crippen LogP contribution in [0.25, 0.3) is 0 Å². The largest absolute Gasteiger partial charge is 0.478 e. The molecule has 2 nitrogen and oxygen atoms in total. The Morgan fingerprint density at radius 2 is 2.19 bits per heavy atom. The van der Waals surface area contributed by atoms with Gasteiger partial charge in [0.2, 0.25) is 0 Å². The van der Waals surface area contributed by atoms with Gasteiger partial charge in [-0.15, -0.1) is 0 Å². The van der Waals surface area contributed by atoms with Crippen LogP contribution in [0.2, 0.25) is 0 Å². The lowest BCUT2D eigenvalue weighted by Crippen LogP contribution is -2.04. The van der Waals surface area contributed by atoms with E-state index in [0.29, 0.717) is 5.56 Å². The summed E-state index contributed by atoms with van der Waals surface area (Å²) in [6.45, 7) is 2.00. The fourth-order valence-corrected chi connectivity index (χ4v) is 2.21. The Morgan fingerprint density at radius 3 is 2.81 bits per heavy atom. The van der Waals surface area contributed by atoms with Crippen LogP contribution in [-0.4, -0.2) is 11.1 Å². The molecule has 1 aliphatic carbocycles. The maximum Gasteiger partial charge on any atom is 0.335 e. The first-order valence-corrected chi connectivity index (χ1v) is 6.00. The number of aromatic carboxylic acids is 1. The number of benzene rings is 1. The molecule has 0 radical (unpaired) electrons. The lowest BCUT2D eigenvalue weighted by molar-refractivity contribution is 0.0695. The molecule has 0 spiro atoms. The van der Waals surface area contributed by atoms with Crippen LogP contribution in [0.5, 0.6) is 0 Å². The van der Waals surface area contributed by atoms with E-state index in [2.05, 4.69) is 0 Å². The van der Waals surface area contributed by atoms with Crippen LogP contribution in [0.4, 0.5) is 0 Å². The molecule has 2 rings (SSSR count). The fraction of sp³-hybridized carbons (Fsp3) is 0.500. The Balaban J connectivity index is 2.06. The molecule has 0 saturated heterocycles. The Kier molecular flexibility index (Phi) is 3.28. The average Bonchev–Trinajstić information content (AvgIpc) is 3.04. The Bertz CT molecular complexity index is 392. The van der Waals surface area contributed by atoms with E-state index in [4.69, 9.17) is 5.11 Å². The molecular weight excluding hydrogens is 200 g/mol. The van der Waals surface area contributed by atoms with E-state index in [1.54, 1.807) is 6.07 Å². The zero-order chi connectivity index (χ0) is 11.5. The molecule has 1 saturated carbocycles. The molecule has 0 heterocycles. The third-order valence-corrected chi connectivity index (χ3v) is 3.38. The lowest BCUT2D eigenvalue weighted by Gasteiger charge is -2.09. The molecule has 1 aromatic carbocycles. The summed E-state index contributed by atoms with van der Waals surface area (Å²) < 4.78 is 0. The second kappa shape index (κ2) is 4.69. The summed E-state index contributed by atoms with van der Waals surface area (Å²) in [5.74, 6) is 0.127. The summed E-state index contributed by atoms with van der Waals surface area (Å²) in [4.78, 5) is 11.1. The smallest absolute Gasteiger partial charge is 0.335 e. The van der Waals surface area contributed by atoms with E-state index in [1.807, 2.05) is 19.1 Å². The molecular formula is C14H18O2. The van der Waals surface area contributed by atoms with Crippen LogP contribution in [0.15, 0.2) is 18.2 Å². The van der Waals surface area contributed by atoms with Gasteiger partial charge in [-0.2, -0.15) is 0 Å². The minimum absolute atomic E-state index is 0.482. The van der Waals surface area contributed by atoms with Gasteiger partial charge in [0.1, 0.15) is 0 Å². The summed E-state index contributed by atoms with van der Waals surface area (Å²) >= 11 is 0. The molecule has 86 valence electrons. The van der Waals surface area contributed by atoms with Gasteiger partial charge in [-0.05, 0) is 42.9 Å². The van der Waals surface area contributed by atoms with Gasteiger partial charge in [-0.3, -0.25) is 0 Å². The van der Waals surface area contributed by atoms with E-state index in [0.717, 1.165) is 29.9 Å². The van der Waals surface area contributed by atoms with Gasteiger partial charge in [0.15, 0.2) is 0 Å². The Labute approximate surface area is 96.3 Å². The maximum atomic E-state index is 11.1. The van der Waals surface area contributed by atoms with Crippen molar-refractivity contribution in [2.24, 2.45) is 5.92 Å². The van der Waals surface area contributed by atoms with Crippen molar-refractivity contribution in [1.29, 1.82) is 0 Å². The van der Waals surface area contributed by atoms with Crippen molar-refractivity contribution in [2.75, 3.05) is 0 Å². The topological polar surface area (TPSA) is 37.3 Å². The molecule has 1 aliphatic rings. The molecule has 2 heteroatoms. The average molecular weight is 218 g/mol. The van der Waals surface area contributed by atoms with Crippen LogP contribution in [-0.2, 0) is 6.42 Å². The number of carboxylic acids is 1. The second-order valence-electron chi connectivity index (χ2n) is 4.74. The molecule has 0 amide bonds. The minimum Gasteiger partial charge on any atom is -0.478 e. The normalized spacial score (nSPS) is 15.1. The summed E-state index contributed by atoms with van der Waals surface area (Å²) in [7, 11) is 0. The molecule has 0 aromatic heterocycles. The molecule has 0 aliphatic heterocycles. The summed E-state index contributed by atoms with van der Waals surface area (Å²) in [6, 6.07) is 5.53. The van der Waals surface area contributed by atoms with Gasteiger partial charge in [-0.1, -0.05) is 31.4 Å². The molecule has 1 aromatic rings. The van der Waals surface area contributed by atoms with Crippen molar-refractivity contribution in [1.82, 2.24) is 0 Å². The standard InChI is InChI=1S/C14H18O2/c1-10-4-2-7-13(14(15)16)12(10)6-3-5-11-8-9-11/h2,4,7,11H,3,5-6,8-9H2,1H3,(H,15,16). The highest BCUT2D eigenvalue weighted by atomic mass is 16.4. The molecule has 0 atom stereocenters. The predicted octanol–water partition coefficient (Wildman–Crippen LogP) is 3.43. The van der Waals surface area contributed by atoms with E-state index >= 15 is 0 Å². The molecule has 1 fully saturated rings. The second-order valence-corrected chi connectivity index (χ2v) is 4.74. The zero-order valence-electron chi connectivity index (χ0n) is 9.70. The van der Waals surface area contributed by atoms with Crippen LogP contribution < -0.4 is 0 Å². The van der Waals surface area contributed by atoms with Gasteiger partial charge in [0, 0.05) is 0 Å². The van der Waals surface area contributed by atoms with Gasteiger partial charge in [0.25, 0.3) is 0 Å². The van der Waals surface area contributed by atoms with E-state index in [-0.39, 0.29) is 0 Å². The van der Waals surface area contributed by atoms with Crippen molar-refractivity contribution in [3.8, 4) is 0 Å². The summed E-state index contributed by atoms with van der Waals surface area (Å²) in [6.07, 6.45) is 6.03. The molecule has 0 unspecified atom stereocenters. The molecule has 16 heavy (non-hydrogen) atoms. The summed E-state index contributed by atoms with van der Waals surface area (Å²) in [5, 5.41) is 9.11. The van der Waals surface area contributed by atoms with Gasteiger partial charge in [0.05, 0.1) is 5.56 Å². The number of hydrogen-bond donors (Lipinski definition) is 1. The van der Waals surface area contributed by atoms with E-state index < -0.39 is 5.97 Å². The van der Waals surface area contributed by atoms with Crippen molar-refractivity contribution in [3.63, 3.8) is 0 Å². The third kappa shape index (κ3) is 2.63. The number of aryl methyl sites for hydroxylation is 1. The number of carbonyl (C=O) groups is 1. The third-order valence-electron chi connectivity index (χ3n) is 3.38. The first kappa shape index (κ1) is 11.2. The number of carboxylic acid groups (broad SMARTS) is 1. The van der Waals surface area contributed by atoms with E-state index in [1.165, 1.54) is 19.3 Å². The zero-order valence-corrected chi connectivity index (χ0v) is 9.70. The summed E-state index contributed by atoms with van der Waals surface area (Å²) in [5.41, 5.74) is 2.61. The van der Waals surface area contributed by atoms with Crippen LogP contribution in [0.1, 0.15) is 47.2 Å². The maximum absolute atomic E-state index is 11.1. The Hall–Kier alpha value is -1.31. The van der Waals surface area contributed by atoms with Crippen molar-refractivity contribution in [2.45, 2.75) is 39.0 Å². The lowest BCUT2D eigenvalue weighted by atomic mass is 9.96. The highest BCUT2D eigenvalue weighted by molar-refractivity contribution is 5.89. The van der Waals surface area contributed by atoms with Crippen LogP contribution >= 0.6 is 0 Å². The van der Waals surface area contributed by atoms with Crippen LogP contribution in [0, 0.1) is 12.8 Å². The number of hydrogen-bond acceptors (Lipinski definition) is 1. The monoisotopic (exact) mass is 218 g/mol. The quantitative estimate of drug-likeness (QED) is 0.822. The fourth-order valence-electron chi connectivity index (χ4n) is 2.21. The number of rotatable bonds is 5. The molecule has 0 bridgehead atoms. The minimum atomic E-state index is -0.801. The highest BCUT2D eigenvalue weighted by Crippen LogP contribution is 2.34. The van der Waals surface area contributed by atoms with Crippen LogP contribution in [0.3, 0.4) is 0 Å².